The van der Waals surface area contributed by atoms with Gasteiger partial charge in [0, 0.05) is 39.3 Å². The number of ether oxygens (including phenoxy) is 1. The number of aromatic nitrogens is 2. The van der Waals surface area contributed by atoms with Crippen molar-refractivity contribution in [3.63, 3.8) is 0 Å². The number of cyclic esters (lactones) is 1. The Labute approximate surface area is 180 Å². The summed E-state index contributed by atoms with van der Waals surface area (Å²) in [6.45, 7) is 1.95. The van der Waals surface area contributed by atoms with Gasteiger partial charge in [-0.2, -0.15) is 0 Å². The van der Waals surface area contributed by atoms with E-state index < -0.39 is 12.1 Å². The minimum atomic E-state index is -1.50. The Kier molecular flexibility index (Phi) is 3.91. The third-order valence-corrected chi connectivity index (χ3v) is 7.82. The van der Waals surface area contributed by atoms with Crippen molar-refractivity contribution in [1.82, 2.24) is 14.9 Å². The van der Waals surface area contributed by atoms with Crippen molar-refractivity contribution in [3.05, 3.63) is 56.1 Å². The summed E-state index contributed by atoms with van der Waals surface area (Å²) in [5.41, 5.74) is 4.46. The fourth-order valence-corrected chi connectivity index (χ4v) is 6.24. The third kappa shape index (κ3) is 2.39. The van der Waals surface area contributed by atoms with E-state index in [1.54, 1.807) is 29.3 Å². The molecule has 158 valence electrons. The lowest BCUT2D eigenvalue weighted by Gasteiger charge is -2.28. The molecule has 3 aliphatic heterocycles. The van der Waals surface area contributed by atoms with Crippen molar-refractivity contribution in [2.45, 2.75) is 37.1 Å². The molecule has 1 aromatic carbocycles. The van der Waals surface area contributed by atoms with Crippen molar-refractivity contribution in [1.29, 1.82) is 0 Å². The molecule has 2 aromatic heterocycles. The SMILES string of the molecule is CNC1CSc2c(C)c(F)cc3nc4c(c1c23)Cn1c-4cc2c(c1=O)COC(=O)C2O. The van der Waals surface area contributed by atoms with E-state index in [1.165, 1.54) is 6.07 Å². The zero-order valence-corrected chi connectivity index (χ0v) is 17.6. The predicted octanol–water partition coefficient (Wildman–Crippen LogP) is 2.33. The number of nitrogens with zero attached hydrogens (tertiary/aromatic N) is 2. The van der Waals surface area contributed by atoms with Crippen molar-refractivity contribution < 1.29 is 19.0 Å². The fourth-order valence-electron chi connectivity index (χ4n) is 4.90. The molecule has 2 N–H and O–H groups in total. The van der Waals surface area contributed by atoms with Gasteiger partial charge in [0.1, 0.15) is 12.4 Å². The van der Waals surface area contributed by atoms with Crippen LogP contribution in [0.4, 0.5) is 4.39 Å². The highest BCUT2D eigenvalue weighted by Gasteiger charge is 2.37. The van der Waals surface area contributed by atoms with Crippen molar-refractivity contribution in [2.24, 2.45) is 0 Å². The number of nitrogens with one attached hydrogen (secondary N) is 1. The quantitative estimate of drug-likeness (QED) is 0.440. The Morgan fingerprint density at radius 3 is 2.90 bits per heavy atom. The standard InChI is InChI=1S/C22H18FN3O4S/c1-8-12(23)4-13-17-16(14(24-2)7-31-20(8)17)10-5-26-15(18(10)25-13)3-9-11(21(26)28)6-30-22(29)19(9)27/h3-4,14,19,24,27H,5-7H2,1-2H3. The molecule has 0 radical (unpaired) electrons. The van der Waals surface area contributed by atoms with Crippen LogP contribution in [0.2, 0.25) is 0 Å². The van der Waals surface area contributed by atoms with E-state index in [0.29, 0.717) is 29.0 Å². The van der Waals surface area contributed by atoms with Crippen molar-refractivity contribution in [2.75, 3.05) is 12.8 Å². The molecule has 0 saturated heterocycles. The van der Waals surface area contributed by atoms with Gasteiger partial charge >= 0.3 is 5.97 Å². The summed E-state index contributed by atoms with van der Waals surface area (Å²) in [5, 5.41) is 14.6. The lowest BCUT2D eigenvalue weighted by Crippen LogP contribution is -2.32. The van der Waals surface area contributed by atoms with E-state index in [2.05, 4.69) is 5.32 Å². The topological polar surface area (TPSA) is 93.5 Å². The van der Waals surface area contributed by atoms with Gasteiger partial charge in [-0.15, -0.1) is 11.8 Å². The lowest BCUT2D eigenvalue weighted by atomic mass is 9.93. The molecule has 0 saturated carbocycles. The van der Waals surface area contributed by atoms with Gasteiger partial charge in [0.2, 0.25) is 0 Å². The molecule has 0 spiro atoms. The van der Waals surface area contributed by atoms with Crippen LogP contribution in [0.5, 0.6) is 0 Å². The molecule has 2 unspecified atom stereocenters. The van der Waals surface area contributed by atoms with Crippen LogP contribution in [0.15, 0.2) is 21.8 Å². The second kappa shape index (κ2) is 6.38. The number of aliphatic hydroxyl groups excluding tert-OH is 1. The van der Waals surface area contributed by atoms with Crippen LogP contribution in [0.25, 0.3) is 22.3 Å². The normalized spacial score (nSPS) is 21.0. The van der Waals surface area contributed by atoms with Gasteiger partial charge < -0.3 is 19.7 Å². The summed E-state index contributed by atoms with van der Waals surface area (Å²) < 4.78 is 21.2. The Morgan fingerprint density at radius 1 is 1.32 bits per heavy atom. The average molecular weight is 439 g/mol. The monoisotopic (exact) mass is 439 g/mol. The van der Waals surface area contributed by atoms with E-state index in [4.69, 9.17) is 9.72 Å². The largest absolute Gasteiger partial charge is 0.458 e. The summed E-state index contributed by atoms with van der Waals surface area (Å²) in [4.78, 5) is 30.7. The summed E-state index contributed by atoms with van der Waals surface area (Å²) in [5.74, 6) is -0.344. The smallest absolute Gasteiger partial charge is 0.340 e. The Hall–Kier alpha value is -2.75. The summed E-state index contributed by atoms with van der Waals surface area (Å²) >= 11 is 1.61. The number of esters is 1. The second-order valence-electron chi connectivity index (χ2n) is 8.08. The first-order chi connectivity index (χ1) is 14.9. The molecule has 0 fully saturated rings. The molecule has 0 bridgehead atoms. The Morgan fingerprint density at radius 2 is 2.13 bits per heavy atom. The first kappa shape index (κ1) is 19.0. The zero-order chi connectivity index (χ0) is 21.6. The number of aliphatic hydroxyl groups is 1. The van der Waals surface area contributed by atoms with Gasteiger partial charge in [-0.3, -0.25) is 4.79 Å². The molecule has 31 heavy (non-hydrogen) atoms. The molecule has 3 aliphatic rings. The summed E-state index contributed by atoms with van der Waals surface area (Å²) in [7, 11) is 1.89. The number of rotatable bonds is 1. The van der Waals surface area contributed by atoms with Crippen molar-refractivity contribution >= 4 is 28.6 Å². The molecule has 6 rings (SSSR count). The predicted molar refractivity (Wildman–Crippen MR) is 113 cm³/mol. The Bertz CT molecular complexity index is 1400. The summed E-state index contributed by atoms with van der Waals surface area (Å²) in [6, 6.07) is 3.12. The minimum Gasteiger partial charge on any atom is -0.458 e. The number of pyridine rings is 2. The van der Waals surface area contributed by atoms with Crippen LogP contribution in [-0.4, -0.2) is 33.4 Å². The minimum absolute atomic E-state index is 0.0248. The van der Waals surface area contributed by atoms with Crippen LogP contribution < -0.4 is 10.9 Å². The van der Waals surface area contributed by atoms with Crippen molar-refractivity contribution in [3.8, 4) is 11.4 Å². The van der Waals surface area contributed by atoms with Gasteiger partial charge in [0.05, 0.1) is 29.0 Å². The highest BCUT2D eigenvalue weighted by Crippen LogP contribution is 2.47. The molecule has 5 heterocycles. The van der Waals surface area contributed by atoms with E-state index in [1.807, 2.05) is 7.05 Å². The van der Waals surface area contributed by atoms with Crippen LogP contribution >= 0.6 is 11.8 Å². The number of carbonyl (C=O) groups is 1. The van der Waals surface area contributed by atoms with Gasteiger partial charge in [-0.05, 0) is 31.2 Å². The van der Waals surface area contributed by atoms with Crippen LogP contribution in [0, 0.1) is 12.7 Å². The molecule has 3 aromatic rings. The molecular formula is C22H18FN3O4S. The number of benzene rings is 1. The van der Waals surface area contributed by atoms with E-state index in [9.17, 15) is 19.1 Å². The third-order valence-electron chi connectivity index (χ3n) is 6.52. The highest BCUT2D eigenvalue weighted by molar-refractivity contribution is 7.99. The maximum absolute atomic E-state index is 14.7. The average Bonchev–Trinajstić information content (AvgIpc) is 3.13. The number of carbonyl (C=O) groups excluding carboxylic acids is 1. The molecule has 0 aliphatic carbocycles. The zero-order valence-electron chi connectivity index (χ0n) is 16.8. The Balaban J connectivity index is 1.70. The van der Waals surface area contributed by atoms with E-state index in [0.717, 1.165) is 27.2 Å². The van der Waals surface area contributed by atoms with Gasteiger partial charge in [0.15, 0.2) is 6.10 Å². The maximum Gasteiger partial charge on any atom is 0.340 e. The second-order valence-corrected chi connectivity index (χ2v) is 9.11. The van der Waals surface area contributed by atoms with E-state index in [-0.39, 0.29) is 35.2 Å². The highest BCUT2D eigenvalue weighted by atomic mass is 32.2. The van der Waals surface area contributed by atoms with E-state index >= 15 is 0 Å². The molecule has 0 amide bonds. The molecule has 7 nitrogen and oxygen atoms in total. The maximum atomic E-state index is 14.7. The van der Waals surface area contributed by atoms with Gasteiger partial charge in [-0.1, -0.05) is 0 Å². The number of hydrogen-bond acceptors (Lipinski definition) is 7. The lowest BCUT2D eigenvalue weighted by molar-refractivity contribution is -0.157. The van der Waals surface area contributed by atoms with Crippen LogP contribution in [0.3, 0.4) is 0 Å². The number of hydrogen-bond donors (Lipinski definition) is 2. The van der Waals surface area contributed by atoms with Gasteiger partial charge in [0.25, 0.3) is 5.56 Å². The number of fused-ring (bicyclic) bond motifs is 5. The van der Waals surface area contributed by atoms with Crippen LogP contribution in [-0.2, 0) is 22.7 Å². The molecule has 2 atom stereocenters. The van der Waals surface area contributed by atoms with Crippen LogP contribution in [0.1, 0.15) is 40.0 Å². The van der Waals surface area contributed by atoms with Gasteiger partial charge in [-0.25, -0.2) is 14.2 Å². The number of halogens is 1. The molecule has 9 heteroatoms. The first-order valence-electron chi connectivity index (χ1n) is 9.98. The fraction of sp³-hybridized carbons (Fsp3) is 0.318. The number of thioether (sulfide) groups is 1. The first-order valence-corrected chi connectivity index (χ1v) is 11.0. The molecular weight excluding hydrogens is 421 g/mol. The summed E-state index contributed by atoms with van der Waals surface area (Å²) in [6.07, 6.45) is -1.50.